The molecule has 0 aliphatic carbocycles. The maximum absolute atomic E-state index is 12.4. The zero-order valence-electron chi connectivity index (χ0n) is 10.2. The number of para-hydroxylation sites is 1. The van der Waals surface area contributed by atoms with Gasteiger partial charge in [0.05, 0.1) is 4.90 Å². The van der Waals surface area contributed by atoms with Gasteiger partial charge in [0.25, 0.3) is 0 Å². The van der Waals surface area contributed by atoms with Crippen LogP contribution in [0.4, 0.5) is 0 Å². The molecule has 2 aromatic carbocycles. The molecular formula is C14H13NO3S. The largest absolute Gasteiger partial charge is 0.477 e. The Morgan fingerprint density at radius 2 is 1.63 bits per heavy atom. The van der Waals surface area contributed by atoms with E-state index < -0.39 is 10.0 Å². The second-order valence-corrected chi connectivity index (χ2v) is 6.25. The molecule has 0 bridgehead atoms. The molecule has 98 valence electrons. The fourth-order valence-corrected chi connectivity index (χ4v) is 3.35. The highest BCUT2D eigenvalue weighted by Crippen LogP contribution is 2.27. The summed E-state index contributed by atoms with van der Waals surface area (Å²) in [6, 6.07) is 15.9. The van der Waals surface area contributed by atoms with Crippen molar-refractivity contribution in [1.82, 2.24) is 4.31 Å². The number of ether oxygens (including phenoxy) is 1. The van der Waals surface area contributed by atoms with Crippen LogP contribution < -0.4 is 4.74 Å². The second-order valence-electron chi connectivity index (χ2n) is 4.31. The van der Waals surface area contributed by atoms with Gasteiger partial charge >= 0.3 is 0 Å². The average molecular weight is 275 g/mol. The number of rotatable bonds is 2. The highest BCUT2D eigenvalue weighted by molar-refractivity contribution is 7.89. The standard InChI is InChI=1S/C14H13NO3S/c16-19(17,13-7-2-1-3-8-13)15-10-12-6-4-5-9-14(12)18-11-15/h1-9H,10-11H2. The molecule has 3 rings (SSSR count). The lowest BCUT2D eigenvalue weighted by Gasteiger charge is -2.28. The van der Waals surface area contributed by atoms with Crippen molar-refractivity contribution in [3.05, 3.63) is 60.2 Å². The summed E-state index contributed by atoms with van der Waals surface area (Å²) in [7, 11) is -3.50. The second kappa shape index (κ2) is 4.68. The Labute approximate surface area is 112 Å². The number of fused-ring (bicyclic) bond motifs is 1. The lowest BCUT2D eigenvalue weighted by atomic mass is 10.2. The van der Waals surface area contributed by atoms with Crippen LogP contribution in [0, 0.1) is 0 Å². The number of hydrogen-bond acceptors (Lipinski definition) is 3. The summed E-state index contributed by atoms with van der Waals surface area (Å²) in [5.74, 6) is 0.752. The predicted molar refractivity (Wildman–Crippen MR) is 71.1 cm³/mol. The zero-order valence-corrected chi connectivity index (χ0v) is 11.0. The SMILES string of the molecule is O=S(=O)(c1ccccc1)N1COc2ccccc2C1. The van der Waals surface area contributed by atoms with Crippen molar-refractivity contribution >= 4 is 10.0 Å². The van der Waals surface area contributed by atoms with Crippen molar-refractivity contribution in [2.75, 3.05) is 6.73 Å². The van der Waals surface area contributed by atoms with E-state index >= 15 is 0 Å². The third-order valence-electron chi connectivity index (χ3n) is 3.06. The number of benzene rings is 2. The van der Waals surface area contributed by atoms with Crippen LogP contribution >= 0.6 is 0 Å². The lowest BCUT2D eigenvalue weighted by Crippen LogP contribution is -2.37. The van der Waals surface area contributed by atoms with Gasteiger partial charge in [0, 0.05) is 12.1 Å². The van der Waals surface area contributed by atoms with Crippen molar-refractivity contribution in [2.24, 2.45) is 0 Å². The Morgan fingerprint density at radius 1 is 0.947 bits per heavy atom. The molecule has 19 heavy (non-hydrogen) atoms. The zero-order chi connectivity index (χ0) is 13.3. The first-order chi connectivity index (χ1) is 9.18. The first-order valence-electron chi connectivity index (χ1n) is 5.94. The van der Waals surface area contributed by atoms with E-state index in [1.54, 1.807) is 30.3 Å². The molecule has 0 saturated heterocycles. The molecule has 1 aliphatic heterocycles. The third-order valence-corrected chi connectivity index (χ3v) is 4.85. The van der Waals surface area contributed by atoms with Crippen molar-refractivity contribution in [3.63, 3.8) is 0 Å². The van der Waals surface area contributed by atoms with Crippen LogP contribution in [0.2, 0.25) is 0 Å². The monoisotopic (exact) mass is 275 g/mol. The highest BCUT2D eigenvalue weighted by Gasteiger charge is 2.28. The molecule has 0 radical (unpaired) electrons. The third kappa shape index (κ3) is 2.22. The number of sulfonamides is 1. The van der Waals surface area contributed by atoms with Gasteiger partial charge < -0.3 is 4.74 Å². The first-order valence-corrected chi connectivity index (χ1v) is 7.38. The maximum atomic E-state index is 12.4. The Balaban J connectivity index is 1.93. The molecule has 0 amide bonds. The Morgan fingerprint density at radius 3 is 2.42 bits per heavy atom. The van der Waals surface area contributed by atoms with E-state index in [1.165, 1.54) is 4.31 Å². The van der Waals surface area contributed by atoms with E-state index in [2.05, 4.69) is 0 Å². The van der Waals surface area contributed by atoms with Gasteiger partial charge in [0.15, 0.2) is 6.73 Å². The highest BCUT2D eigenvalue weighted by atomic mass is 32.2. The van der Waals surface area contributed by atoms with Gasteiger partial charge in [-0.05, 0) is 18.2 Å². The molecule has 2 aromatic rings. The van der Waals surface area contributed by atoms with Crippen LogP contribution in [0.25, 0.3) is 0 Å². The summed E-state index contributed by atoms with van der Waals surface area (Å²) in [5, 5.41) is 0. The molecule has 4 nitrogen and oxygen atoms in total. The molecule has 5 heteroatoms. The van der Waals surface area contributed by atoms with Crippen molar-refractivity contribution in [1.29, 1.82) is 0 Å². The molecule has 0 unspecified atom stereocenters. The normalized spacial score (nSPS) is 15.6. The van der Waals surface area contributed by atoms with Crippen LogP contribution in [-0.4, -0.2) is 19.5 Å². The van der Waals surface area contributed by atoms with Crippen molar-refractivity contribution < 1.29 is 13.2 Å². The maximum Gasteiger partial charge on any atom is 0.246 e. The van der Waals surface area contributed by atoms with E-state index in [-0.39, 0.29) is 11.6 Å². The smallest absolute Gasteiger partial charge is 0.246 e. The van der Waals surface area contributed by atoms with E-state index in [4.69, 9.17) is 4.74 Å². The molecule has 0 saturated carbocycles. The van der Waals surface area contributed by atoms with Gasteiger partial charge in [-0.1, -0.05) is 36.4 Å². The minimum Gasteiger partial charge on any atom is -0.477 e. The number of hydrogen-bond donors (Lipinski definition) is 0. The van der Waals surface area contributed by atoms with E-state index in [1.807, 2.05) is 24.3 Å². The minimum absolute atomic E-state index is 0.0498. The molecule has 1 aliphatic rings. The summed E-state index contributed by atoms with van der Waals surface area (Å²) in [6.07, 6.45) is 0. The average Bonchev–Trinajstić information content (AvgIpc) is 2.47. The Hall–Kier alpha value is -1.85. The van der Waals surface area contributed by atoms with Gasteiger partial charge in [-0.25, -0.2) is 8.42 Å². The van der Waals surface area contributed by atoms with E-state index in [9.17, 15) is 8.42 Å². The quantitative estimate of drug-likeness (QED) is 0.844. The molecular weight excluding hydrogens is 262 g/mol. The predicted octanol–water partition coefficient (Wildman–Crippen LogP) is 2.23. The molecule has 0 aromatic heterocycles. The van der Waals surface area contributed by atoms with Gasteiger partial charge in [-0.3, -0.25) is 0 Å². The topological polar surface area (TPSA) is 46.6 Å². The molecule has 0 atom stereocenters. The molecule has 0 N–H and O–H groups in total. The Bertz CT molecular complexity index is 683. The van der Waals surface area contributed by atoms with Crippen LogP contribution in [0.15, 0.2) is 59.5 Å². The summed E-state index contributed by atoms with van der Waals surface area (Å²) >= 11 is 0. The van der Waals surface area contributed by atoms with Gasteiger partial charge in [0.1, 0.15) is 5.75 Å². The van der Waals surface area contributed by atoms with E-state index in [0.29, 0.717) is 6.54 Å². The van der Waals surface area contributed by atoms with Crippen LogP contribution in [0.5, 0.6) is 5.75 Å². The molecule has 0 spiro atoms. The molecule has 0 fully saturated rings. The minimum atomic E-state index is -3.50. The van der Waals surface area contributed by atoms with Crippen molar-refractivity contribution in [3.8, 4) is 5.75 Å². The van der Waals surface area contributed by atoms with Crippen LogP contribution in [0.3, 0.4) is 0 Å². The van der Waals surface area contributed by atoms with Gasteiger partial charge in [-0.2, -0.15) is 4.31 Å². The van der Waals surface area contributed by atoms with Gasteiger partial charge in [-0.15, -0.1) is 0 Å². The fourth-order valence-electron chi connectivity index (χ4n) is 2.05. The van der Waals surface area contributed by atoms with Crippen LogP contribution in [-0.2, 0) is 16.6 Å². The van der Waals surface area contributed by atoms with Crippen molar-refractivity contribution in [2.45, 2.75) is 11.4 Å². The summed E-state index contributed by atoms with van der Waals surface area (Å²) in [5.41, 5.74) is 0.883. The van der Waals surface area contributed by atoms with Gasteiger partial charge in [0.2, 0.25) is 10.0 Å². The lowest BCUT2D eigenvalue weighted by molar-refractivity contribution is 0.169. The fraction of sp³-hybridized carbons (Fsp3) is 0.143. The molecule has 1 heterocycles. The van der Waals surface area contributed by atoms with Crippen LogP contribution in [0.1, 0.15) is 5.56 Å². The summed E-state index contributed by atoms with van der Waals surface area (Å²) in [6.45, 7) is 0.391. The first kappa shape index (κ1) is 12.2. The number of nitrogens with zero attached hydrogens (tertiary/aromatic N) is 1. The summed E-state index contributed by atoms with van der Waals surface area (Å²) < 4.78 is 31.7. The summed E-state index contributed by atoms with van der Waals surface area (Å²) in [4.78, 5) is 0.290. The van der Waals surface area contributed by atoms with E-state index in [0.717, 1.165) is 11.3 Å². The Kier molecular flexibility index (Phi) is 3.00.